The summed E-state index contributed by atoms with van der Waals surface area (Å²) in [5.41, 5.74) is 1.40. The molecule has 3 aromatic rings. The monoisotopic (exact) mass is 393 g/mol. The van der Waals surface area contributed by atoms with E-state index >= 15 is 0 Å². The van der Waals surface area contributed by atoms with Crippen LogP contribution in [0.1, 0.15) is 17.3 Å². The van der Waals surface area contributed by atoms with Crippen LogP contribution in [0.3, 0.4) is 0 Å². The van der Waals surface area contributed by atoms with Crippen LogP contribution in [0.5, 0.6) is 0 Å². The van der Waals surface area contributed by atoms with Crippen LogP contribution in [0.2, 0.25) is 5.02 Å². The molecule has 9 nitrogen and oxygen atoms in total. The van der Waals surface area contributed by atoms with Crippen LogP contribution >= 0.6 is 11.6 Å². The predicted molar refractivity (Wildman–Crippen MR) is 93.8 cm³/mol. The van der Waals surface area contributed by atoms with E-state index in [9.17, 15) is 8.42 Å². The third-order valence-electron chi connectivity index (χ3n) is 4.16. The number of nitrogens with zero attached hydrogens (tertiary/aromatic N) is 7. The molecule has 1 saturated heterocycles. The van der Waals surface area contributed by atoms with E-state index in [2.05, 4.69) is 20.5 Å². The van der Waals surface area contributed by atoms with E-state index in [1.807, 2.05) is 0 Å². The Kier molecular flexibility index (Phi) is 4.47. The van der Waals surface area contributed by atoms with Crippen molar-refractivity contribution in [1.29, 1.82) is 0 Å². The zero-order chi connectivity index (χ0) is 18.1. The fourth-order valence-corrected chi connectivity index (χ4v) is 4.57. The van der Waals surface area contributed by atoms with Crippen LogP contribution in [-0.4, -0.2) is 55.8 Å². The van der Waals surface area contributed by atoms with Gasteiger partial charge in [-0.25, -0.2) is 13.1 Å². The zero-order valence-electron chi connectivity index (χ0n) is 13.7. The molecule has 3 heterocycles. The summed E-state index contributed by atoms with van der Waals surface area (Å²) >= 11 is 5.92. The van der Waals surface area contributed by atoms with Crippen molar-refractivity contribution >= 4 is 21.6 Å². The molecule has 0 aliphatic carbocycles. The number of sulfonamides is 1. The maximum absolute atomic E-state index is 12.5. The number of aromatic nitrogens is 6. The van der Waals surface area contributed by atoms with Crippen molar-refractivity contribution in [2.24, 2.45) is 0 Å². The Bertz CT molecular complexity index is 997. The molecule has 1 fully saturated rings. The average Bonchev–Trinajstić information content (AvgIpc) is 3.18. The lowest BCUT2D eigenvalue weighted by molar-refractivity contribution is 0.188. The second kappa shape index (κ2) is 6.78. The molecule has 11 heteroatoms. The van der Waals surface area contributed by atoms with Gasteiger partial charge < -0.3 is 0 Å². The summed E-state index contributed by atoms with van der Waals surface area (Å²) in [6, 6.07) is 6.88. The van der Waals surface area contributed by atoms with Crippen LogP contribution < -0.4 is 0 Å². The highest BCUT2D eigenvalue weighted by Gasteiger charge is 2.37. The molecule has 0 amide bonds. The highest BCUT2D eigenvalue weighted by atomic mass is 35.5. The van der Waals surface area contributed by atoms with Crippen molar-refractivity contribution in [2.45, 2.75) is 18.3 Å². The third-order valence-corrected chi connectivity index (χ3v) is 6.18. The number of rotatable bonds is 6. The molecule has 0 bridgehead atoms. The minimum Gasteiger partial charge on any atom is -0.246 e. The van der Waals surface area contributed by atoms with E-state index in [-0.39, 0.29) is 11.8 Å². The van der Waals surface area contributed by atoms with E-state index in [1.165, 1.54) is 9.10 Å². The summed E-state index contributed by atoms with van der Waals surface area (Å²) in [6.45, 7) is 1.19. The maximum Gasteiger partial charge on any atom is 0.218 e. The van der Waals surface area contributed by atoms with Gasteiger partial charge in [0, 0.05) is 18.1 Å². The summed E-state index contributed by atoms with van der Waals surface area (Å²) in [4.78, 5) is 1.51. The molecular weight excluding hydrogens is 378 g/mol. The van der Waals surface area contributed by atoms with Gasteiger partial charge in [0.05, 0.1) is 30.4 Å². The Morgan fingerprint density at radius 2 is 1.96 bits per heavy atom. The Balaban J connectivity index is 1.36. The molecule has 0 unspecified atom stereocenters. The molecule has 136 valence electrons. The SMILES string of the molecule is O=S(=O)(Cc1cccc(Cl)c1)N1CC(n2cc(Cn3nccn3)nn2)C1. The van der Waals surface area contributed by atoms with Crippen molar-refractivity contribution < 1.29 is 8.42 Å². The molecular formula is C15H16ClN7O2S. The van der Waals surface area contributed by atoms with Gasteiger partial charge in [0.25, 0.3) is 0 Å². The van der Waals surface area contributed by atoms with E-state index in [4.69, 9.17) is 11.6 Å². The summed E-state index contributed by atoms with van der Waals surface area (Å²) < 4.78 is 28.2. The summed E-state index contributed by atoms with van der Waals surface area (Å²) in [5, 5.41) is 16.8. The molecule has 0 atom stereocenters. The normalized spacial score (nSPS) is 15.9. The third kappa shape index (κ3) is 3.62. The number of hydrogen-bond donors (Lipinski definition) is 0. The van der Waals surface area contributed by atoms with Gasteiger partial charge in [-0.15, -0.1) is 5.10 Å². The topological polar surface area (TPSA) is 98.8 Å². The first-order valence-corrected chi connectivity index (χ1v) is 9.95. The van der Waals surface area contributed by atoms with Crippen LogP contribution in [0.4, 0.5) is 0 Å². The maximum atomic E-state index is 12.5. The average molecular weight is 394 g/mol. The van der Waals surface area contributed by atoms with E-state index < -0.39 is 10.0 Å². The lowest BCUT2D eigenvalue weighted by atomic mass is 10.2. The molecule has 1 aliphatic rings. The quantitative estimate of drug-likeness (QED) is 0.618. The van der Waals surface area contributed by atoms with Crippen molar-refractivity contribution in [2.75, 3.05) is 13.1 Å². The molecule has 26 heavy (non-hydrogen) atoms. The fourth-order valence-electron chi connectivity index (χ4n) is 2.77. The molecule has 2 aromatic heterocycles. The number of benzene rings is 1. The van der Waals surface area contributed by atoms with E-state index in [0.717, 1.165) is 5.69 Å². The Morgan fingerprint density at radius 3 is 2.69 bits per heavy atom. The van der Waals surface area contributed by atoms with Crippen LogP contribution in [0.25, 0.3) is 0 Å². The highest BCUT2D eigenvalue weighted by Crippen LogP contribution is 2.26. The van der Waals surface area contributed by atoms with Gasteiger partial charge in [0.15, 0.2) is 0 Å². The van der Waals surface area contributed by atoms with Crippen LogP contribution in [-0.2, 0) is 22.3 Å². The molecule has 1 aromatic carbocycles. The zero-order valence-corrected chi connectivity index (χ0v) is 15.3. The molecule has 0 N–H and O–H groups in total. The van der Waals surface area contributed by atoms with Gasteiger partial charge in [0.1, 0.15) is 12.2 Å². The molecule has 1 aliphatic heterocycles. The van der Waals surface area contributed by atoms with Gasteiger partial charge in [-0.1, -0.05) is 28.9 Å². The van der Waals surface area contributed by atoms with E-state index in [0.29, 0.717) is 30.2 Å². The minimum absolute atomic E-state index is 0.0176. The van der Waals surface area contributed by atoms with Crippen molar-refractivity contribution in [3.63, 3.8) is 0 Å². The fraction of sp³-hybridized carbons (Fsp3) is 0.333. The summed E-state index contributed by atoms with van der Waals surface area (Å²) in [7, 11) is -3.38. The van der Waals surface area contributed by atoms with Gasteiger partial charge in [-0.05, 0) is 17.7 Å². The minimum atomic E-state index is -3.38. The second-order valence-electron chi connectivity index (χ2n) is 6.11. The standard InChI is InChI=1S/C15H16ClN7O2S/c16-13-3-1-2-12(6-13)11-26(24,25)21-9-15(10-21)22-7-14(19-20-22)8-23-17-4-5-18-23/h1-7,15H,8-11H2. The summed E-state index contributed by atoms with van der Waals surface area (Å²) in [5.74, 6) is -0.0617. The first-order valence-electron chi connectivity index (χ1n) is 7.97. The van der Waals surface area contributed by atoms with Crippen molar-refractivity contribution in [3.8, 4) is 0 Å². The van der Waals surface area contributed by atoms with Crippen LogP contribution in [0, 0.1) is 0 Å². The molecule has 0 radical (unpaired) electrons. The molecule has 0 spiro atoms. The van der Waals surface area contributed by atoms with Crippen LogP contribution in [0.15, 0.2) is 42.9 Å². The highest BCUT2D eigenvalue weighted by molar-refractivity contribution is 7.88. The van der Waals surface area contributed by atoms with Crippen molar-refractivity contribution in [1.82, 2.24) is 34.3 Å². The number of hydrogen-bond acceptors (Lipinski definition) is 6. The first kappa shape index (κ1) is 17.1. The smallest absolute Gasteiger partial charge is 0.218 e. The lowest BCUT2D eigenvalue weighted by Gasteiger charge is -2.37. The van der Waals surface area contributed by atoms with Gasteiger partial charge in [0.2, 0.25) is 10.0 Å². The van der Waals surface area contributed by atoms with Gasteiger partial charge in [-0.2, -0.15) is 19.3 Å². The predicted octanol–water partition coefficient (Wildman–Crippen LogP) is 0.958. The lowest BCUT2D eigenvalue weighted by Crippen LogP contribution is -2.51. The first-order chi connectivity index (χ1) is 12.5. The van der Waals surface area contributed by atoms with Gasteiger partial charge >= 0.3 is 0 Å². The Morgan fingerprint density at radius 1 is 1.19 bits per heavy atom. The van der Waals surface area contributed by atoms with E-state index in [1.54, 1.807) is 47.5 Å². The summed E-state index contributed by atoms with van der Waals surface area (Å²) in [6.07, 6.45) is 4.99. The molecule has 0 saturated carbocycles. The van der Waals surface area contributed by atoms with Gasteiger partial charge in [-0.3, -0.25) is 0 Å². The number of halogens is 1. The largest absolute Gasteiger partial charge is 0.246 e. The second-order valence-corrected chi connectivity index (χ2v) is 8.51. The Labute approximate surface area is 155 Å². The molecule has 4 rings (SSSR count). The van der Waals surface area contributed by atoms with Crippen molar-refractivity contribution in [3.05, 3.63) is 59.1 Å². The Hall–Kier alpha value is -2.30.